The number of amides is 2. The van der Waals surface area contributed by atoms with Crippen molar-refractivity contribution in [3.63, 3.8) is 0 Å². The highest BCUT2D eigenvalue weighted by atomic mass is 19.4. The molecule has 9 heteroatoms. The van der Waals surface area contributed by atoms with Gasteiger partial charge in [-0.15, -0.1) is 13.2 Å². The molecule has 1 aromatic rings. The van der Waals surface area contributed by atoms with Crippen LogP contribution in [0.4, 0.5) is 13.2 Å². The summed E-state index contributed by atoms with van der Waals surface area (Å²) in [6.07, 6.45) is -2.03. The maximum Gasteiger partial charge on any atom is 0.573 e. The van der Waals surface area contributed by atoms with Gasteiger partial charge in [-0.3, -0.25) is 9.59 Å². The summed E-state index contributed by atoms with van der Waals surface area (Å²) in [7, 11) is 1.50. The van der Waals surface area contributed by atoms with Gasteiger partial charge in [-0.25, -0.2) is 0 Å². The van der Waals surface area contributed by atoms with Crippen molar-refractivity contribution in [2.75, 3.05) is 13.6 Å². The second kappa shape index (κ2) is 7.73. The number of nitrogens with one attached hydrogen (secondary N) is 1. The number of benzene rings is 1. The zero-order valence-electron chi connectivity index (χ0n) is 15.3. The van der Waals surface area contributed by atoms with E-state index in [1.54, 1.807) is 6.07 Å². The Balaban J connectivity index is 1.56. The Morgan fingerprint density at radius 3 is 2.50 bits per heavy atom. The van der Waals surface area contributed by atoms with Gasteiger partial charge in [0.15, 0.2) is 5.76 Å². The number of ether oxygens (including phenoxy) is 1. The number of hydrogen-bond acceptors (Lipinski definition) is 4. The minimum absolute atomic E-state index is 0.0617. The molecule has 2 N–H and O–H groups in total. The maximum absolute atomic E-state index is 12.4. The molecule has 3 rings (SSSR count). The van der Waals surface area contributed by atoms with Crippen LogP contribution in [0.25, 0.3) is 0 Å². The molecule has 1 aliphatic heterocycles. The lowest BCUT2D eigenvalue weighted by Gasteiger charge is -2.29. The highest BCUT2D eigenvalue weighted by Crippen LogP contribution is 2.35. The molecule has 152 valence electrons. The Kier molecular flexibility index (Phi) is 5.53. The standard InChI is InChI=1S/C19H21F3N2O4/c1-24-10-15(16(25)18(24)27)17(26)23-13-7-5-11(6-8-13)12-3-2-4-14(9-12)28-19(20,21)22/h2-4,9,11,13,25H,5-8,10H2,1H3,(H,23,26). The van der Waals surface area contributed by atoms with Crippen LogP contribution in [-0.2, 0) is 9.59 Å². The fourth-order valence-corrected chi connectivity index (χ4v) is 3.68. The molecule has 0 radical (unpaired) electrons. The van der Waals surface area contributed by atoms with Crippen LogP contribution in [0.5, 0.6) is 5.75 Å². The molecular formula is C19H21F3N2O4. The molecule has 0 aromatic heterocycles. The van der Waals surface area contributed by atoms with Crippen LogP contribution in [-0.4, -0.2) is 47.8 Å². The smallest absolute Gasteiger partial charge is 0.503 e. The molecule has 0 saturated heterocycles. The van der Waals surface area contributed by atoms with Crippen LogP contribution >= 0.6 is 0 Å². The van der Waals surface area contributed by atoms with E-state index in [4.69, 9.17) is 0 Å². The van der Waals surface area contributed by atoms with Gasteiger partial charge in [-0.2, -0.15) is 0 Å². The predicted octanol–water partition coefficient (Wildman–Crippen LogP) is 3.01. The van der Waals surface area contributed by atoms with Gasteiger partial charge in [0, 0.05) is 13.1 Å². The van der Waals surface area contributed by atoms with E-state index in [0.29, 0.717) is 25.7 Å². The molecule has 0 unspecified atom stereocenters. The first-order chi connectivity index (χ1) is 13.1. The number of nitrogens with zero attached hydrogens (tertiary/aromatic N) is 1. The summed E-state index contributed by atoms with van der Waals surface area (Å²) in [6.45, 7) is 0.0673. The molecule has 1 saturated carbocycles. The van der Waals surface area contributed by atoms with Crippen LogP contribution in [0.15, 0.2) is 35.6 Å². The van der Waals surface area contributed by atoms with Crippen molar-refractivity contribution in [2.24, 2.45) is 0 Å². The maximum atomic E-state index is 12.4. The van der Waals surface area contributed by atoms with Crippen molar-refractivity contribution >= 4 is 11.8 Å². The van der Waals surface area contributed by atoms with Crippen molar-refractivity contribution in [2.45, 2.75) is 44.0 Å². The van der Waals surface area contributed by atoms with E-state index in [1.807, 2.05) is 0 Å². The van der Waals surface area contributed by atoms with Crippen molar-refractivity contribution in [3.8, 4) is 5.75 Å². The number of rotatable bonds is 4. The lowest BCUT2D eigenvalue weighted by atomic mass is 9.81. The molecule has 0 spiro atoms. The molecule has 1 aliphatic carbocycles. The van der Waals surface area contributed by atoms with Crippen LogP contribution < -0.4 is 10.1 Å². The Labute approximate surface area is 160 Å². The molecule has 1 aromatic carbocycles. The number of likely N-dealkylation sites (N-methyl/N-ethyl adjacent to an activating group) is 1. The fraction of sp³-hybridized carbons (Fsp3) is 0.474. The van der Waals surface area contributed by atoms with Crippen molar-refractivity contribution in [1.29, 1.82) is 0 Å². The lowest BCUT2D eigenvalue weighted by molar-refractivity contribution is -0.274. The lowest BCUT2D eigenvalue weighted by Crippen LogP contribution is -2.39. The summed E-state index contributed by atoms with van der Waals surface area (Å²) in [5.41, 5.74) is 0.835. The second-order valence-electron chi connectivity index (χ2n) is 7.13. The first-order valence-electron chi connectivity index (χ1n) is 8.98. The van der Waals surface area contributed by atoms with Gasteiger partial charge in [-0.05, 0) is 49.3 Å². The first kappa shape index (κ1) is 20.0. The van der Waals surface area contributed by atoms with Gasteiger partial charge < -0.3 is 20.1 Å². The zero-order chi connectivity index (χ0) is 20.5. The first-order valence-corrected chi connectivity index (χ1v) is 8.98. The minimum Gasteiger partial charge on any atom is -0.503 e. The third-order valence-electron chi connectivity index (χ3n) is 5.13. The summed E-state index contributed by atoms with van der Waals surface area (Å²) in [5, 5.41) is 12.6. The van der Waals surface area contributed by atoms with E-state index < -0.39 is 23.9 Å². The largest absolute Gasteiger partial charge is 0.573 e. The molecule has 1 fully saturated rings. The number of aliphatic hydroxyl groups excluding tert-OH is 1. The molecule has 6 nitrogen and oxygen atoms in total. The van der Waals surface area contributed by atoms with Gasteiger partial charge in [0.05, 0.1) is 12.1 Å². The summed E-state index contributed by atoms with van der Waals surface area (Å²) in [6, 6.07) is 5.87. The number of hydrogen-bond donors (Lipinski definition) is 2. The molecule has 2 amide bonds. The number of alkyl halides is 3. The van der Waals surface area contributed by atoms with E-state index in [9.17, 15) is 27.9 Å². The average molecular weight is 398 g/mol. The monoisotopic (exact) mass is 398 g/mol. The molecule has 28 heavy (non-hydrogen) atoms. The Morgan fingerprint density at radius 1 is 1.25 bits per heavy atom. The third kappa shape index (κ3) is 4.58. The third-order valence-corrected chi connectivity index (χ3v) is 5.13. The molecule has 1 heterocycles. The quantitative estimate of drug-likeness (QED) is 0.817. The number of aliphatic hydroxyl groups is 1. The summed E-state index contributed by atoms with van der Waals surface area (Å²) in [5.74, 6) is -1.71. The number of halogens is 3. The average Bonchev–Trinajstić information content (AvgIpc) is 2.89. The van der Waals surface area contributed by atoms with E-state index in [-0.39, 0.29) is 29.8 Å². The summed E-state index contributed by atoms with van der Waals surface area (Å²) in [4.78, 5) is 25.2. The van der Waals surface area contributed by atoms with E-state index in [2.05, 4.69) is 10.1 Å². The molecule has 2 aliphatic rings. The predicted molar refractivity (Wildman–Crippen MR) is 93.6 cm³/mol. The molecular weight excluding hydrogens is 377 g/mol. The van der Waals surface area contributed by atoms with Gasteiger partial charge >= 0.3 is 6.36 Å². The second-order valence-corrected chi connectivity index (χ2v) is 7.13. The highest BCUT2D eigenvalue weighted by Gasteiger charge is 2.34. The SMILES string of the molecule is CN1CC(C(=O)NC2CCC(c3cccc(OC(F)(F)F)c3)CC2)=C(O)C1=O. The Hall–Kier alpha value is -2.71. The van der Waals surface area contributed by atoms with Gasteiger partial charge in [-0.1, -0.05) is 12.1 Å². The Morgan fingerprint density at radius 2 is 1.93 bits per heavy atom. The fourth-order valence-electron chi connectivity index (χ4n) is 3.68. The van der Waals surface area contributed by atoms with Gasteiger partial charge in [0.25, 0.3) is 11.8 Å². The molecule has 0 bridgehead atoms. The minimum atomic E-state index is -4.73. The zero-order valence-corrected chi connectivity index (χ0v) is 15.3. The van der Waals surface area contributed by atoms with Crippen molar-refractivity contribution < 1.29 is 32.6 Å². The van der Waals surface area contributed by atoms with E-state index in [0.717, 1.165) is 5.56 Å². The van der Waals surface area contributed by atoms with Gasteiger partial charge in [0.2, 0.25) is 0 Å². The van der Waals surface area contributed by atoms with Crippen LogP contribution in [0, 0.1) is 0 Å². The van der Waals surface area contributed by atoms with Crippen molar-refractivity contribution in [1.82, 2.24) is 10.2 Å². The van der Waals surface area contributed by atoms with Crippen LogP contribution in [0.2, 0.25) is 0 Å². The van der Waals surface area contributed by atoms with Crippen LogP contribution in [0.3, 0.4) is 0 Å². The van der Waals surface area contributed by atoms with E-state index in [1.165, 1.54) is 30.1 Å². The Bertz CT molecular complexity index is 799. The summed E-state index contributed by atoms with van der Waals surface area (Å²) < 4.78 is 41.1. The highest BCUT2D eigenvalue weighted by molar-refractivity contribution is 6.06. The normalized spacial score (nSPS) is 23.1. The molecule has 0 atom stereocenters. The topological polar surface area (TPSA) is 78.9 Å². The van der Waals surface area contributed by atoms with Crippen molar-refractivity contribution in [3.05, 3.63) is 41.2 Å². The van der Waals surface area contributed by atoms with Crippen LogP contribution in [0.1, 0.15) is 37.2 Å². The number of carbonyl (C=O) groups is 2. The van der Waals surface area contributed by atoms with E-state index >= 15 is 0 Å². The number of carbonyl (C=O) groups excluding carboxylic acids is 2. The van der Waals surface area contributed by atoms with Gasteiger partial charge in [0.1, 0.15) is 5.75 Å². The summed E-state index contributed by atoms with van der Waals surface area (Å²) >= 11 is 0.